The van der Waals surface area contributed by atoms with Crippen molar-refractivity contribution >= 4 is 0 Å². The number of nitrogens with zero attached hydrogens (tertiary/aromatic N) is 1. The lowest BCUT2D eigenvalue weighted by Crippen LogP contribution is -2.26. The van der Waals surface area contributed by atoms with E-state index in [0.717, 1.165) is 18.1 Å². The summed E-state index contributed by atoms with van der Waals surface area (Å²) in [5.74, 6) is 1.93. The minimum absolute atomic E-state index is 0.495. The molecule has 1 aliphatic heterocycles. The first kappa shape index (κ1) is 13.6. The van der Waals surface area contributed by atoms with E-state index in [4.69, 9.17) is 10.2 Å². The highest BCUT2D eigenvalue weighted by Crippen LogP contribution is 2.37. The molecule has 3 heteroatoms. The van der Waals surface area contributed by atoms with Gasteiger partial charge in [0.25, 0.3) is 0 Å². The van der Waals surface area contributed by atoms with Crippen LogP contribution < -0.4 is 5.73 Å². The maximum atomic E-state index is 5.63. The maximum absolute atomic E-state index is 5.63. The van der Waals surface area contributed by atoms with Gasteiger partial charge in [0.05, 0.1) is 6.54 Å². The lowest BCUT2D eigenvalue weighted by Gasteiger charge is -2.26. The summed E-state index contributed by atoms with van der Waals surface area (Å²) in [5.41, 5.74) is 7.47. The van der Waals surface area contributed by atoms with Crippen LogP contribution in [-0.2, 0) is 13.1 Å². The molecule has 1 fully saturated rings. The van der Waals surface area contributed by atoms with Crippen molar-refractivity contribution in [3.05, 3.63) is 23.2 Å². The van der Waals surface area contributed by atoms with E-state index in [0.29, 0.717) is 12.0 Å². The highest BCUT2D eigenvalue weighted by Gasteiger charge is 2.34. The second-order valence-electron chi connectivity index (χ2n) is 5.67. The van der Waals surface area contributed by atoms with Crippen LogP contribution in [-0.4, -0.2) is 18.0 Å². The van der Waals surface area contributed by atoms with Gasteiger partial charge >= 0.3 is 0 Å². The average Bonchev–Trinajstić information content (AvgIpc) is 2.95. The fraction of sp³-hybridized carbons (Fsp3) is 0.733. The molecule has 0 aromatic carbocycles. The zero-order valence-electron chi connectivity index (χ0n) is 12.0. The van der Waals surface area contributed by atoms with E-state index in [9.17, 15) is 0 Å². The van der Waals surface area contributed by atoms with Gasteiger partial charge < -0.3 is 10.2 Å². The van der Waals surface area contributed by atoms with Crippen LogP contribution in [0, 0.1) is 12.3 Å². The predicted octanol–water partition coefficient (Wildman–Crippen LogP) is 3.06. The van der Waals surface area contributed by atoms with E-state index in [-0.39, 0.29) is 0 Å². The van der Waals surface area contributed by atoms with E-state index in [2.05, 4.69) is 24.8 Å². The molecule has 3 nitrogen and oxygen atoms in total. The number of rotatable bonds is 5. The zero-order chi connectivity index (χ0) is 13.2. The Bertz CT molecular complexity index is 393. The Labute approximate surface area is 110 Å². The average molecular weight is 250 g/mol. The Hall–Kier alpha value is -0.800. The van der Waals surface area contributed by atoms with Crippen molar-refractivity contribution in [3.8, 4) is 0 Å². The standard InChI is InChI=1S/C15H26N2O/c1-4-15(5-2)6-7-17(11-15)10-13-8-14(9-16)18-12(13)3/h8H,4-7,9-11,16H2,1-3H3. The molecule has 0 saturated carbocycles. The molecular weight excluding hydrogens is 224 g/mol. The van der Waals surface area contributed by atoms with Crippen LogP contribution in [0.25, 0.3) is 0 Å². The third-order valence-electron chi connectivity index (χ3n) is 4.68. The molecule has 1 aromatic rings. The lowest BCUT2D eigenvalue weighted by atomic mass is 9.82. The molecule has 0 aliphatic carbocycles. The highest BCUT2D eigenvalue weighted by atomic mass is 16.3. The smallest absolute Gasteiger partial charge is 0.118 e. The number of aryl methyl sites for hydroxylation is 1. The van der Waals surface area contributed by atoms with Crippen LogP contribution in [0.15, 0.2) is 10.5 Å². The minimum Gasteiger partial charge on any atom is -0.465 e. The molecule has 0 bridgehead atoms. The van der Waals surface area contributed by atoms with Crippen molar-refractivity contribution < 1.29 is 4.42 Å². The third-order valence-corrected chi connectivity index (χ3v) is 4.68. The van der Waals surface area contributed by atoms with Crippen molar-refractivity contribution in [3.63, 3.8) is 0 Å². The van der Waals surface area contributed by atoms with Gasteiger partial charge in [-0.25, -0.2) is 0 Å². The van der Waals surface area contributed by atoms with E-state index in [1.807, 2.05) is 6.92 Å². The molecule has 2 rings (SSSR count). The maximum Gasteiger partial charge on any atom is 0.118 e. The van der Waals surface area contributed by atoms with E-state index < -0.39 is 0 Å². The Morgan fingerprint density at radius 2 is 2.11 bits per heavy atom. The van der Waals surface area contributed by atoms with Crippen LogP contribution >= 0.6 is 0 Å². The van der Waals surface area contributed by atoms with Crippen molar-refractivity contribution in [1.82, 2.24) is 4.90 Å². The number of hydrogen-bond donors (Lipinski definition) is 1. The van der Waals surface area contributed by atoms with Crippen LogP contribution in [0.1, 0.15) is 50.2 Å². The Morgan fingerprint density at radius 1 is 1.39 bits per heavy atom. The van der Waals surface area contributed by atoms with Crippen molar-refractivity contribution in [2.75, 3.05) is 13.1 Å². The van der Waals surface area contributed by atoms with Gasteiger partial charge in [-0.15, -0.1) is 0 Å². The van der Waals surface area contributed by atoms with Crippen LogP contribution in [0.4, 0.5) is 0 Å². The Morgan fingerprint density at radius 3 is 2.61 bits per heavy atom. The minimum atomic E-state index is 0.495. The number of likely N-dealkylation sites (tertiary alicyclic amines) is 1. The summed E-state index contributed by atoms with van der Waals surface area (Å²) >= 11 is 0. The third kappa shape index (κ3) is 2.62. The summed E-state index contributed by atoms with van der Waals surface area (Å²) in [5, 5.41) is 0. The molecule has 0 radical (unpaired) electrons. The first-order chi connectivity index (χ1) is 8.62. The van der Waals surface area contributed by atoms with Crippen molar-refractivity contribution in [1.29, 1.82) is 0 Å². The van der Waals surface area contributed by atoms with Gasteiger partial charge in [-0.3, -0.25) is 4.90 Å². The molecule has 2 N–H and O–H groups in total. The summed E-state index contributed by atoms with van der Waals surface area (Å²) < 4.78 is 5.63. The van der Waals surface area contributed by atoms with Crippen molar-refractivity contribution in [2.45, 2.75) is 53.1 Å². The zero-order valence-corrected chi connectivity index (χ0v) is 12.0. The Kier molecular flexibility index (Phi) is 4.13. The summed E-state index contributed by atoms with van der Waals surface area (Å²) in [6.45, 7) is 10.6. The van der Waals surface area contributed by atoms with Crippen LogP contribution in [0.5, 0.6) is 0 Å². The molecule has 2 heterocycles. The van der Waals surface area contributed by atoms with Gasteiger partial charge in [-0.1, -0.05) is 13.8 Å². The fourth-order valence-electron chi connectivity index (χ4n) is 3.08. The van der Waals surface area contributed by atoms with Gasteiger partial charge in [0.1, 0.15) is 11.5 Å². The second-order valence-corrected chi connectivity index (χ2v) is 5.67. The molecule has 0 atom stereocenters. The normalized spacial score (nSPS) is 19.6. The first-order valence-corrected chi connectivity index (χ1v) is 7.13. The summed E-state index contributed by atoms with van der Waals surface area (Å²) in [6.07, 6.45) is 3.91. The molecule has 0 unspecified atom stereocenters. The Balaban J connectivity index is 2.00. The van der Waals surface area contributed by atoms with Crippen LogP contribution in [0.2, 0.25) is 0 Å². The molecule has 0 spiro atoms. The number of furan rings is 1. The summed E-state index contributed by atoms with van der Waals surface area (Å²) in [6, 6.07) is 2.12. The van der Waals surface area contributed by atoms with Gasteiger partial charge in [0.2, 0.25) is 0 Å². The van der Waals surface area contributed by atoms with Gasteiger partial charge in [-0.2, -0.15) is 0 Å². The quantitative estimate of drug-likeness (QED) is 0.873. The lowest BCUT2D eigenvalue weighted by molar-refractivity contribution is 0.235. The predicted molar refractivity (Wildman–Crippen MR) is 74.2 cm³/mol. The topological polar surface area (TPSA) is 42.4 Å². The van der Waals surface area contributed by atoms with Crippen LogP contribution in [0.3, 0.4) is 0 Å². The van der Waals surface area contributed by atoms with Gasteiger partial charge in [-0.05, 0) is 44.2 Å². The van der Waals surface area contributed by atoms with Gasteiger partial charge in [0.15, 0.2) is 0 Å². The molecule has 18 heavy (non-hydrogen) atoms. The fourth-order valence-corrected chi connectivity index (χ4v) is 3.08. The molecule has 1 aliphatic rings. The molecule has 1 saturated heterocycles. The molecule has 102 valence electrons. The largest absolute Gasteiger partial charge is 0.465 e. The summed E-state index contributed by atoms with van der Waals surface area (Å²) in [7, 11) is 0. The molecule has 0 amide bonds. The highest BCUT2D eigenvalue weighted by molar-refractivity contribution is 5.21. The van der Waals surface area contributed by atoms with Gasteiger partial charge in [0, 0.05) is 18.7 Å². The van der Waals surface area contributed by atoms with E-state index in [1.165, 1.54) is 37.9 Å². The second kappa shape index (κ2) is 5.45. The number of hydrogen-bond acceptors (Lipinski definition) is 3. The molecular formula is C15H26N2O. The van der Waals surface area contributed by atoms with E-state index in [1.54, 1.807) is 0 Å². The van der Waals surface area contributed by atoms with E-state index >= 15 is 0 Å². The molecule has 1 aromatic heterocycles. The SMILES string of the molecule is CCC1(CC)CCN(Cc2cc(CN)oc2C)C1. The van der Waals surface area contributed by atoms with Crippen molar-refractivity contribution in [2.24, 2.45) is 11.1 Å². The summed E-state index contributed by atoms with van der Waals surface area (Å²) in [4.78, 5) is 2.56. The first-order valence-electron chi connectivity index (χ1n) is 7.13. The number of nitrogens with two attached hydrogens (primary N) is 1. The monoisotopic (exact) mass is 250 g/mol.